The molecule has 1 aliphatic heterocycles. The zero-order chi connectivity index (χ0) is 14.7. The van der Waals surface area contributed by atoms with Crippen molar-refractivity contribution in [2.24, 2.45) is 0 Å². The van der Waals surface area contributed by atoms with Gasteiger partial charge < -0.3 is 5.32 Å². The summed E-state index contributed by atoms with van der Waals surface area (Å²) in [5, 5.41) is 2.86. The van der Waals surface area contributed by atoms with E-state index in [4.69, 9.17) is 0 Å². The summed E-state index contributed by atoms with van der Waals surface area (Å²) in [5.41, 5.74) is 4.91. The van der Waals surface area contributed by atoms with Crippen LogP contribution in [0, 0.1) is 0 Å². The zero-order valence-corrected chi connectivity index (χ0v) is 11.8. The summed E-state index contributed by atoms with van der Waals surface area (Å²) in [7, 11) is 0. The Morgan fingerprint density at radius 3 is 2.24 bits per heavy atom. The Labute approximate surface area is 124 Å². The zero-order valence-electron chi connectivity index (χ0n) is 11.8. The van der Waals surface area contributed by atoms with Gasteiger partial charge in [-0.2, -0.15) is 0 Å². The number of hydrogen-bond acceptors (Lipinski definition) is 1. The second-order valence-corrected chi connectivity index (χ2v) is 5.22. The van der Waals surface area contributed by atoms with Gasteiger partial charge in [0.25, 0.3) is 5.91 Å². The van der Waals surface area contributed by atoms with Gasteiger partial charge in [0.2, 0.25) is 0 Å². The Bertz CT molecular complexity index is 699. The van der Waals surface area contributed by atoms with Crippen LogP contribution < -0.4 is 5.32 Å². The molecule has 2 aromatic rings. The van der Waals surface area contributed by atoms with Crippen molar-refractivity contribution in [2.75, 3.05) is 0 Å². The molecule has 0 bridgehead atoms. The van der Waals surface area contributed by atoms with E-state index in [9.17, 15) is 4.79 Å². The van der Waals surface area contributed by atoms with E-state index in [1.54, 1.807) is 0 Å². The number of amides is 1. The van der Waals surface area contributed by atoms with E-state index >= 15 is 0 Å². The number of benzene rings is 2. The Morgan fingerprint density at radius 2 is 1.57 bits per heavy atom. The van der Waals surface area contributed by atoms with Crippen LogP contribution >= 0.6 is 0 Å². The highest BCUT2D eigenvalue weighted by Gasteiger charge is 2.23. The number of allylic oxidation sites excluding steroid dienone is 1. The van der Waals surface area contributed by atoms with E-state index in [1.165, 1.54) is 0 Å². The molecule has 0 saturated carbocycles. The quantitative estimate of drug-likeness (QED) is 0.909. The molecule has 1 amide bonds. The molecule has 2 nitrogen and oxygen atoms in total. The van der Waals surface area contributed by atoms with Crippen LogP contribution in [0.3, 0.4) is 0 Å². The highest BCUT2D eigenvalue weighted by Crippen LogP contribution is 2.30. The van der Waals surface area contributed by atoms with Gasteiger partial charge in [-0.05, 0) is 16.7 Å². The average molecular weight is 275 g/mol. The van der Waals surface area contributed by atoms with Gasteiger partial charge in [-0.25, -0.2) is 0 Å². The van der Waals surface area contributed by atoms with E-state index in [2.05, 4.69) is 11.9 Å². The fraction of sp³-hybridized carbons (Fsp3) is 0.105. The maximum atomic E-state index is 12.4. The summed E-state index contributed by atoms with van der Waals surface area (Å²) >= 11 is 0. The first-order valence-electron chi connectivity index (χ1n) is 7.04. The second-order valence-electron chi connectivity index (χ2n) is 5.22. The molecule has 0 atom stereocenters. The number of carbonyl (C=O) groups excluding carboxylic acids is 1. The lowest BCUT2D eigenvalue weighted by molar-refractivity contribution is -0.117. The standard InChI is InChI=1S/C19H17NO/c1-14-12-17(16-10-6-3-7-11-16)18(19(21)20-14)13-15-8-4-2-5-9-15/h2-11H,1,12-13H2,(H,20,21). The van der Waals surface area contributed by atoms with Crippen LogP contribution in [0.15, 0.2) is 78.5 Å². The molecule has 0 fully saturated rings. The summed E-state index contributed by atoms with van der Waals surface area (Å²) in [6.07, 6.45) is 1.34. The molecule has 0 spiro atoms. The Morgan fingerprint density at radius 1 is 0.952 bits per heavy atom. The van der Waals surface area contributed by atoms with Crippen LogP contribution in [-0.2, 0) is 11.2 Å². The van der Waals surface area contributed by atoms with Crippen molar-refractivity contribution in [3.8, 4) is 0 Å². The summed E-state index contributed by atoms with van der Waals surface area (Å²) < 4.78 is 0. The SMILES string of the molecule is C=C1CC(c2ccccc2)=C(Cc2ccccc2)C(=O)N1. The van der Waals surface area contributed by atoms with Gasteiger partial charge in [0, 0.05) is 24.1 Å². The van der Waals surface area contributed by atoms with Crippen molar-refractivity contribution in [2.45, 2.75) is 12.8 Å². The molecule has 0 unspecified atom stereocenters. The molecule has 1 heterocycles. The van der Waals surface area contributed by atoms with Crippen LogP contribution in [0.4, 0.5) is 0 Å². The second kappa shape index (κ2) is 5.80. The van der Waals surface area contributed by atoms with Gasteiger partial charge in [0.1, 0.15) is 0 Å². The molecular formula is C19H17NO. The third-order valence-corrected chi connectivity index (χ3v) is 3.66. The van der Waals surface area contributed by atoms with Gasteiger partial charge in [-0.1, -0.05) is 67.2 Å². The normalized spacial score (nSPS) is 15.0. The maximum Gasteiger partial charge on any atom is 0.251 e. The fourth-order valence-electron chi connectivity index (χ4n) is 2.64. The van der Waals surface area contributed by atoms with E-state index in [-0.39, 0.29) is 5.91 Å². The molecule has 0 saturated heterocycles. The molecule has 1 N–H and O–H groups in total. The molecule has 0 aromatic heterocycles. The van der Waals surface area contributed by atoms with Gasteiger partial charge >= 0.3 is 0 Å². The van der Waals surface area contributed by atoms with Gasteiger partial charge in [-0.15, -0.1) is 0 Å². The van der Waals surface area contributed by atoms with Crippen LogP contribution in [-0.4, -0.2) is 5.91 Å². The number of hydrogen-bond donors (Lipinski definition) is 1. The lowest BCUT2D eigenvalue weighted by Crippen LogP contribution is -2.30. The van der Waals surface area contributed by atoms with Gasteiger partial charge in [0.15, 0.2) is 0 Å². The molecule has 0 radical (unpaired) electrons. The van der Waals surface area contributed by atoms with Crippen LogP contribution in [0.1, 0.15) is 17.5 Å². The van der Waals surface area contributed by atoms with E-state index in [0.29, 0.717) is 12.8 Å². The Kier molecular flexibility index (Phi) is 3.69. The highest BCUT2D eigenvalue weighted by molar-refractivity contribution is 6.04. The van der Waals surface area contributed by atoms with Crippen molar-refractivity contribution >= 4 is 11.5 Å². The van der Waals surface area contributed by atoms with Gasteiger partial charge in [-0.3, -0.25) is 4.79 Å². The monoisotopic (exact) mass is 275 g/mol. The van der Waals surface area contributed by atoms with Crippen LogP contribution in [0.5, 0.6) is 0 Å². The first-order valence-corrected chi connectivity index (χ1v) is 7.04. The number of rotatable bonds is 3. The molecule has 0 aliphatic carbocycles. The third kappa shape index (κ3) is 2.95. The van der Waals surface area contributed by atoms with E-state index in [1.807, 2.05) is 60.7 Å². The van der Waals surface area contributed by atoms with E-state index in [0.717, 1.165) is 28.0 Å². The largest absolute Gasteiger partial charge is 0.326 e. The predicted octanol–water partition coefficient (Wildman–Crippen LogP) is 3.72. The van der Waals surface area contributed by atoms with Crippen molar-refractivity contribution in [3.63, 3.8) is 0 Å². The Balaban J connectivity index is 2.05. The topological polar surface area (TPSA) is 29.1 Å². The first kappa shape index (κ1) is 13.4. The third-order valence-electron chi connectivity index (χ3n) is 3.66. The van der Waals surface area contributed by atoms with Gasteiger partial charge in [0.05, 0.1) is 0 Å². The predicted molar refractivity (Wildman–Crippen MR) is 85.4 cm³/mol. The summed E-state index contributed by atoms with van der Waals surface area (Å²) in [6, 6.07) is 20.2. The molecule has 21 heavy (non-hydrogen) atoms. The highest BCUT2D eigenvalue weighted by atomic mass is 16.1. The molecular weight excluding hydrogens is 258 g/mol. The fourth-order valence-corrected chi connectivity index (χ4v) is 2.64. The smallest absolute Gasteiger partial charge is 0.251 e. The van der Waals surface area contributed by atoms with Crippen molar-refractivity contribution in [3.05, 3.63) is 89.6 Å². The summed E-state index contributed by atoms with van der Waals surface area (Å²) in [6.45, 7) is 3.92. The van der Waals surface area contributed by atoms with Crippen molar-refractivity contribution in [1.29, 1.82) is 0 Å². The molecule has 2 aromatic carbocycles. The van der Waals surface area contributed by atoms with E-state index < -0.39 is 0 Å². The minimum Gasteiger partial charge on any atom is -0.326 e. The number of nitrogens with one attached hydrogen (secondary N) is 1. The van der Waals surface area contributed by atoms with Crippen LogP contribution in [0.25, 0.3) is 5.57 Å². The molecule has 1 aliphatic rings. The molecule has 2 heteroatoms. The lowest BCUT2D eigenvalue weighted by atomic mass is 9.89. The lowest BCUT2D eigenvalue weighted by Gasteiger charge is -2.23. The molecule has 3 rings (SSSR count). The van der Waals surface area contributed by atoms with Crippen LogP contribution in [0.2, 0.25) is 0 Å². The minimum atomic E-state index is -0.0334. The minimum absolute atomic E-state index is 0.0334. The number of carbonyl (C=O) groups is 1. The Hall–Kier alpha value is -2.61. The summed E-state index contributed by atoms with van der Waals surface area (Å²) in [5.74, 6) is -0.0334. The first-order chi connectivity index (χ1) is 10.2. The maximum absolute atomic E-state index is 12.4. The molecule has 104 valence electrons. The average Bonchev–Trinajstić information content (AvgIpc) is 2.51. The van der Waals surface area contributed by atoms with Crippen molar-refractivity contribution in [1.82, 2.24) is 5.32 Å². The van der Waals surface area contributed by atoms with Crippen molar-refractivity contribution < 1.29 is 4.79 Å². The summed E-state index contributed by atoms with van der Waals surface area (Å²) in [4.78, 5) is 12.4.